The molecule has 25 heavy (non-hydrogen) atoms. The first kappa shape index (κ1) is 17.1. The van der Waals surface area contributed by atoms with Crippen LogP contribution in [-0.2, 0) is 13.1 Å². The number of nitrogens with one attached hydrogen (secondary N) is 2. The quantitative estimate of drug-likeness (QED) is 0.692. The molecule has 2 aromatic heterocycles. The normalized spacial score (nSPS) is 10.7. The second kappa shape index (κ2) is 7.43. The van der Waals surface area contributed by atoms with Gasteiger partial charge in [0.05, 0.1) is 18.1 Å². The van der Waals surface area contributed by atoms with E-state index in [0.29, 0.717) is 11.8 Å². The Kier molecular flexibility index (Phi) is 5.08. The number of hydrogen-bond donors (Lipinski definition) is 2. The molecule has 0 spiro atoms. The minimum absolute atomic E-state index is 0.0353. The van der Waals surface area contributed by atoms with Gasteiger partial charge in [0, 0.05) is 24.8 Å². The molecule has 130 valence electrons. The summed E-state index contributed by atoms with van der Waals surface area (Å²) in [4.78, 5) is 8.34. The van der Waals surface area contributed by atoms with Crippen molar-refractivity contribution < 1.29 is 8.78 Å². The lowest BCUT2D eigenvalue weighted by Gasteiger charge is -2.10. The summed E-state index contributed by atoms with van der Waals surface area (Å²) in [5, 5.41) is 10.3. The van der Waals surface area contributed by atoms with Crippen LogP contribution in [0.1, 0.15) is 12.5 Å². The predicted molar refractivity (Wildman–Crippen MR) is 91.9 cm³/mol. The van der Waals surface area contributed by atoms with Crippen LogP contribution in [0.15, 0.2) is 36.8 Å². The molecule has 0 aliphatic heterocycles. The fourth-order valence-electron chi connectivity index (χ4n) is 2.15. The Balaban J connectivity index is 1.74. The van der Waals surface area contributed by atoms with Gasteiger partial charge in [-0.1, -0.05) is 23.7 Å². The molecular weight excluding hydrogens is 350 g/mol. The largest absolute Gasteiger partial charge is 0.364 e. The Bertz CT molecular complexity index is 883. The van der Waals surface area contributed by atoms with E-state index in [0.717, 1.165) is 18.3 Å². The molecular formula is C16H15ClF2N6. The average Bonchev–Trinajstić information content (AvgIpc) is 3.06. The van der Waals surface area contributed by atoms with Gasteiger partial charge in [0.25, 0.3) is 0 Å². The Hall–Kier alpha value is -2.74. The highest BCUT2D eigenvalue weighted by Crippen LogP contribution is 2.22. The number of anilines is 3. The number of halogens is 3. The number of aromatic nitrogens is 4. The van der Waals surface area contributed by atoms with Gasteiger partial charge in [-0.25, -0.2) is 13.8 Å². The fourth-order valence-corrected chi connectivity index (χ4v) is 2.30. The minimum atomic E-state index is -0.900. The molecule has 2 N–H and O–H groups in total. The Morgan fingerprint density at radius 2 is 2.08 bits per heavy atom. The predicted octanol–water partition coefficient (Wildman–Crippen LogP) is 3.98. The van der Waals surface area contributed by atoms with Crippen molar-refractivity contribution in [3.63, 3.8) is 0 Å². The molecule has 0 bridgehead atoms. The van der Waals surface area contributed by atoms with Gasteiger partial charge in [0.1, 0.15) is 5.02 Å². The van der Waals surface area contributed by atoms with Crippen molar-refractivity contribution in [2.75, 3.05) is 10.6 Å². The van der Waals surface area contributed by atoms with Crippen molar-refractivity contribution in [3.8, 4) is 0 Å². The lowest BCUT2D eigenvalue weighted by molar-refractivity contribution is 0.500. The van der Waals surface area contributed by atoms with Crippen LogP contribution in [0.2, 0.25) is 5.02 Å². The average molecular weight is 365 g/mol. The van der Waals surface area contributed by atoms with Gasteiger partial charge in [-0.2, -0.15) is 10.1 Å². The summed E-state index contributed by atoms with van der Waals surface area (Å²) < 4.78 is 28.7. The molecule has 0 fully saturated rings. The highest BCUT2D eigenvalue weighted by Gasteiger charge is 2.10. The summed E-state index contributed by atoms with van der Waals surface area (Å²) in [6.45, 7) is 2.76. The van der Waals surface area contributed by atoms with Crippen LogP contribution >= 0.6 is 11.6 Å². The Morgan fingerprint density at radius 1 is 1.24 bits per heavy atom. The molecule has 0 unspecified atom stereocenters. The number of hydrogen-bond acceptors (Lipinski definition) is 5. The second-order valence-corrected chi connectivity index (χ2v) is 5.57. The summed E-state index contributed by atoms with van der Waals surface area (Å²) in [7, 11) is 0. The zero-order valence-electron chi connectivity index (χ0n) is 13.3. The molecule has 0 amide bonds. The Labute approximate surface area is 147 Å². The molecule has 3 rings (SSSR count). The minimum Gasteiger partial charge on any atom is -0.364 e. The lowest BCUT2D eigenvalue weighted by atomic mass is 10.2. The third kappa shape index (κ3) is 4.03. The van der Waals surface area contributed by atoms with E-state index < -0.39 is 11.6 Å². The van der Waals surface area contributed by atoms with Gasteiger partial charge >= 0.3 is 0 Å². The zero-order valence-corrected chi connectivity index (χ0v) is 14.1. The smallest absolute Gasteiger partial charge is 0.229 e. The maximum atomic E-state index is 13.7. The van der Waals surface area contributed by atoms with Crippen LogP contribution in [-0.4, -0.2) is 19.7 Å². The van der Waals surface area contributed by atoms with Crippen molar-refractivity contribution in [1.29, 1.82) is 0 Å². The molecule has 3 aromatic rings. The van der Waals surface area contributed by atoms with E-state index in [9.17, 15) is 8.78 Å². The van der Waals surface area contributed by atoms with Gasteiger partial charge in [-0.15, -0.1) is 0 Å². The summed E-state index contributed by atoms with van der Waals surface area (Å²) in [5.41, 5.74) is 0.903. The molecule has 0 aliphatic rings. The molecule has 0 saturated heterocycles. The molecule has 0 radical (unpaired) electrons. The third-order valence-electron chi connectivity index (χ3n) is 3.44. The van der Waals surface area contributed by atoms with E-state index in [2.05, 4.69) is 25.7 Å². The number of benzene rings is 1. The molecule has 1 aromatic carbocycles. The number of aryl methyl sites for hydroxylation is 1. The SMILES string of the molecule is CCn1cc(Nc2ncc(Cl)c(NCc3cccc(F)c3F)n2)cn1. The molecule has 9 heteroatoms. The first-order valence-corrected chi connectivity index (χ1v) is 7.93. The van der Waals surface area contributed by atoms with Crippen LogP contribution in [0.4, 0.5) is 26.2 Å². The number of rotatable bonds is 6. The summed E-state index contributed by atoms with van der Waals surface area (Å²) in [6, 6.07) is 3.99. The monoisotopic (exact) mass is 364 g/mol. The van der Waals surface area contributed by atoms with Crippen LogP contribution in [0.3, 0.4) is 0 Å². The highest BCUT2D eigenvalue weighted by atomic mass is 35.5. The van der Waals surface area contributed by atoms with E-state index >= 15 is 0 Å². The van der Waals surface area contributed by atoms with Crippen LogP contribution in [0.5, 0.6) is 0 Å². The van der Waals surface area contributed by atoms with Gasteiger partial charge < -0.3 is 10.6 Å². The van der Waals surface area contributed by atoms with Gasteiger partial charge in [-0.05, 0) is 13.0 Å². The molecule has 0 saturated carbocycles. The maximum absolute atomic E-state index is 13.7. The number of nitrogens with zero attached hydrogens (tertiary/aromatic N) is 4. The Morgan fingerprint density at radius 3 is 2.84 bits per heavy atom. The standard InChI is InChI=1S/C16H15ClF2N6/c1-2-25-9-11(7-22-25)23-16-21-8-12(17)15(24-16)20-6-10-4-3-5-13(18)14(10)19/h3-5,7-9H,2,6H2,1H3,(H2,20,21,23,24). The highest BCUT2D eigenvalue weighted by molar-refractivity contribution is 6.32. The van der Waals surface area contributed by atoms with Gasteiger partial charge in [-0.3, -0.25) is 4.68 Å². The third-order valence-corrected chi connectivity index (χ3v) is 3.71. The lowest BCUT2D eigenvalue weighted by Crippen LogP contribution is -2.07. The van der Waals surface area contributed by atoms with Crippen molar-refractivity contribution in [2.45, 2.75) is 20.0 Å². The van der Waals surface area contributed by atoms with Crippen LogP contribution in [0, 0.1) is 11.6 Å². The summed E-state index contributed by atoms with van der Waals surface area (Å²) in [6.07, 6.45) is 4.88. The molecule has 0 atom stereocenters. The van der Waals surface area contributed by atoms with E-state index in [-0.39, 0.29) is 17.1 Å². The van der Waals surface area contributed by atoms with Crippen molar-refractivity contribution in [3.05, 3.63) is 59.0 Å². The van der Waals surface area contributed by atoms with Gasteiger partial charge in [0.15, 0.2) is 17.5 Å². The first-order valence-electron chi connectivity index (χ1n) is 7.55. The summed E-state index contributed by atoms with van der Waals surface area (Å²) >= 11 is 6.06. The second-order valence-electron chi connectivity index (χ2n) is 5.17. The van der Waals surface area contributed by atoms with Crippen molar-refractivity contribution in [2.24, 2.45) is 0 Å². The fraction of sp³-hybridized carbons (Fsp3) is 0.188. The van der Waals surface area contributed by atoms with E-state index in [1.165, 1.54) is 18.3 Å². The van der Waals surface area contributed by atoms with E-state index in [1.807, 2.05) is 13.1 Å². The first-order chi connectivity index (χ1) is 12.1. The summed E-state index contributed by atoms with van der Waals surface area (Å²) in [5.74, 6) is -1.18. The van der Waals surface area contributed by atoms with E-state index in [4.69, 9.17) is 11.6 Å². The topological polar surface area (TPSA) is 67.7 Å². The zero-order chi connectivity index (χ0) is 17.8. The van der Waals surface area contributed by atoms with Crippen molar-refractivity contribution in [1.82, 2.24) is 19.7 Å². The maximum Gasteiger partial charge on any atom is 0.229 e. The molecule has 6 nitrogen and oxygen atoms in total. The van der Waals surface area contributed by atoms with Crippen LogP contribution in [0.25, 0.3) is 0 Å². The van der Waals surface area contributed by atoms with E-state index in [1.54, 1.807) is 10.9 Å². The van der Waals surface area contributed by atoms with Gasteiger partial charge in [0.2, 0.25) is 5.95 Å². The van der Waals surface area contributed by atoms with Crippen molar-refractivity contribution >= 4 is 29.1 Å². The van der Waals surface area contributed by atoms with Crippen LogP contribution < -0.4 is 10.6 Å². The molecule has 2 heterocycles. The molecule has 0 aliphatic carbocycles.